The Morgan fingerprint density at radius 3 is 2.89 bits per heavy atom. The molecule has 0 aliphatic carbocycles. The first-order valence-corrected chi connectivity index (χ1v) is 10.7. The minimum atomic E-state index is 0.0780. The molecule has 8 nitrogen and oxygen atoms in total. The molecule has 1 atom stereocenters. The molecule has 3 heterocycles. The van der Waals surface area contributed by atoms with Gasteiger partial charge in [0.25, 0.3) is 0 Å². The minimum absolute atomic E-state index is 0.0780. The summed E-state index contributed by atoms with van der Waals surface area (Å²) in [6.45, 7) is 11.2. The Balaban J connectivity index is 1.62. The molecule has 2 aromatic rings. The summed E-state index contributed by atoms with van der Waals surface area (Å²) in [7, 11) is 1.66. The van der Waals surface area contributed by atoms with Gasteiger partial charge >= 0.3 is 0 Å². The predicted octanol–water partition coefficient (Wildman–Crippen LogP) is 2.25. The molecule has 0 saturated carbocycles. The standard InChI is InChI=1S/C19H31N7OS/c1-6-20-18(21-9-14-12-28-17(22-14)19(2,3)4)23-13-7-8-16-24-15(11-27-5)25-26(16)10-13/h12-13H,6-11H2,1-5H3,(H2,20,21,23). The van der Waals surface area contributed by atoms with Gasteiger partial charge in [-0.2, -0.15) is 5.10 Å². The van der Waals surface area contributed by atoms with E-state index in [0.29, 0.717) is 13.2 Å². The van der Waals surface area contributed by atoms with E-state index < -0.39 is 0 Å². The van der Waals surface area contributed by atoms with Gasteiger partial charge in [-0.25, -0.2) is 19.6 Å². The summed E-state index contributed by atoms with van der Waals surface area (Å²) < 4.78 is 7.12. The summed E-state index contributed by atoms with van der Waals surface area (Å²) in [6.07, 6.45) is 1.90. The number of ether oxygens (including phenoxy) is 1. The second-order valence-corrected chi connectivity index (χ2v) is 8.89. The van der Waals surface area contributed by atoms with Crippen LogP contribution in [0.3, 0.4) is 0 Å². The average molecular weight is 406 g/mol. The van der Waals surface area contributed by atoms with Gasteiger partial charge in [0.1, 0.15) is 12.4 Å². The summed E-state index contributed by atoms with van der Waals surface area (Å²) in [5.74, 6) is 2.60. The molecule has 0 amide bonds. The Bertz CT molecular complexity index is 806. The number of hydrogen-bond acceptors (Lipinski definition) is 6. The number of methoxy groups -OCH3 is 1. The number of aryl methyl sites for hydroxylation is 1. The second-order valence-electron chi connectivity index (χ2n) is 8.03. The lowest BCUT2D eigenvalue weighted by Crippen LogP contribution is -2.47. The number of guanidine groups is 1. The normalized spacial score (nSPS) is 17.5. The molecule has 2 N–H and O–H groups in total. The molecule has 0 radical (unpaired) electrons. The summed E-state index contributed by atoms with van der Waals surface area (Å²) in [5.41, 5.74) is 1.09. The van der Waals surface area contributed by atoms with Gasteiger partial charge in [0.2, 0.25) is 0 Å². The first kappa shape index (κ1) is 20.7. The molecule has 1 unspecified atom stereocenters. The fourth-order valence-electron chi connectivity index (χ4n) is 3.07. The molecule has 28 heavy (non-hydrogen) atoms. The van der Waals surface area contributed by atoms with Crippen molar-refractivity contribution in [2.45, 2.75) is 71.7 Å². The lowest BCUT2D eigenvalue weighted by atomic mass is 9.98. The van der Waals surface area contributed by atoms with Crippen molar-refractivity contribution in [3.05, 3.63) is 27.7 Å². The van der Waals surface area contributed by atoms with Crippen LogP contribution in [0, 0.1) is 0 Å². The number of aromatic nitrogens is 4. The minimum Gasteiger partial charge on any atom is -0.377 e. The zero-order chi connectivity index (χ0) is 20.1. The van der Waals surface area contributed by atoms with Crippen LogP contribution in [-0.4, -0.2) is 45.4 Å². The van der Waals surface area contributed by atoms with Gasteiger partial charge in [0, 0.05) is 36.9 Å². The molecule has 1 aliphatic rings. The number of thiazole rings is 1. The molecule has 9 heteroatoms. The molecule has 2 aromatic heterocycles. The van der Waals surface area contributed by atoms with E-state index in [4.69, 9.17) is 14.7 Å². The third-order valence-corrected chi connectivity index (χ3v) is 5.77. The van der Waals surface area contributed by atoms with Crippen LogP contribution in [0.2, 0.25) is 0 Å². The van der Waals surface area contributed by atoms with Crippen LogP contribution in [0.15, 0.2) is 10.4 Å². The van der Waals surface area contributed by atoms with Crippen LogP contribution in [0.5, 0.6) is 0 Å². The highest BCUT2D eigenvalue weighted by Gasteiger charge is 2.22. The molecule has 0 spiro atoms. The highest BCUT2D eigenvalue weighted by Crippen LogP contribution is 2.25. The predicted molar refractivity (Wildman–Crippen MR) is 112 cm³/mol. The molecular weight excluding hydrogens is 374 g/mol. The molecule has 154 valence electrons. The van der Waals surface area contributed by atoms with Crippen LogP contribution in [-0.2, 0) is 36.3 Å². The van der Waals surface area contributed by atoms with E-state index in [2.05, 4.69) is 53.8 Å². The zero-order valence-electron chi connectivity index (χ0n) is 17.4. The van der Waals surface area contributed by atoms with Gasteiger partial charge in [-0.3, -0.25) is 0 Å². The lowest BCUT2D eigenvalue weighted by molar-refractivity contribution is 0.177. The molecular formula is C19H31N7OS. The number of rotatable bonds is 6. The van der Waals surface area contributed by atoms with Crippen molar-refractivity contribution in [2.24, 2.45) is 4.99 Å². The van der Waals surface area contributed by atoms with E-state index in [0.717, 1.165) is 54.2 Å². The first-order chi connectivity index (χ1) is 13.4. The van der Waals surface area contributed by atoms with E-state index >= 15 is 0 Å². The molecule has 0 fully saturated rings. The van der Waals surface area contributed by atoms with Gasteiger partial charge in [0.15, 0.2) is 11.8 Å². The smallest absolute Gasteiger partial charge is 0.191 e. The highest BCUT2D eigenvalue weighted by molar-refractivity contribution is 7.09. The van der Waals surface area contributed by atoms with Gasteiger partial charge in [-0.05, 0) is 13.3 Å². The van der Waals surface area contributed by atoms with Crippen molar-refractivity contribution in [3.8, 4) is 0 Å². The summed E-state index contributed by atoms with van der Waals surface area (Å²) in [6, 6.07) is 0.267. The number of nitrogens with zero attached hydrogens (tertiary/aromatic N) is 5. The monoisotopic (exact) mass is 405 g/mol. The summed E-state index contributed by atoms with van der Waals surface area (Å²) in [5, 5.41) is 14.7. The Morgan fingerprint density at radius 2 is 2.21 bits per heavy atom. The van der Waals surface area contributed by atoms with E-state index in [1.54, 1.807) is 18.4 Å². The zero-order valence-corrected chi connectivity index (χ0v) is 18.3. The molecule has 3 rings (SSSR count). The SMILES string of the molecule is CCNC(=NCc1csc(C(C)(C)C)n1)NC1CCc2nc(COC)nn2C1. The van der Waals surface area contributed by atoms with Crippen LogP contribution in [0.25, 0.3) is 0 Å². The topological polar surface area (TPSA) is 89.2 Å². The third-order valence-electron chi connectivity index (χ3n) is 4.45. The number of nitrogens with one attached hydrogen (secondary N) is 2. The van der Waals surface area contributed by atoms with E-state index in [1.807, 2.05) is 4.68 Å². The second kappa shape index (κ2) is 9.00. The third kappa shape index (κ3) is 5.29. The Morgan fingerprint density at radius 1 is 1.39 bits per heavy atom. The number of fused-ring (bicyclic) bond motifs is 1. The van der Waals surface area contributed by atoms with Crippen molar-refractivity contribution in [3.63, 3.8) is 0 Å². The van der Waals surface area contributed by atoms with Crippen molar-refractivity contribution in [1.82, 2.24) is 30.4 Å². The van der Waals surface area contributed by atoms with E-state index in [-0.39, 0.29) is 11.5 Å². The summed E-state index contributed by atoms with van der Waals surface area (Å²) in [4.78, 5) is 14.0. The van der Waals surface area contributed by atoms with E-state index in [9.17, 15) is 0 Å². The van der Waals surface area contributed by atoms with Crippen molar-refractivity contribution >= 4 is 17.3 Å². The van der Waals surface area contributed by atoms with Crippen LogP contribution in [0.4, 0.5) is 0 Å². The Labute approximate surface area is 170 Å². The Hall–Kier alpha value is -2.00. The fraction of sp³-hybridized carbons (Fsp3) is 0.684. The molecule has 1 aliphatic heterocycles. The van der Waals surface area contributed by atoms with Gasteiger partial charge < -0.3 is 15.4 Å². The number of aliphatic imine (C=N–C) groups is 1. The average Bonchev–Trinajstić information content (AvgIpc) is 3.26. The fourth-order valence-corrected chi connectivity index (χ4v) is 3.96. The van der Waals surface area contributed by atoms with Crippen LogP contribution < -0.4 is 10.6 Å². The molecule has 0 aromatic carbocycles. The van der Waals surface area contributed by atoms with Crippen LogP contribution in [0.1, 0.15) is 56.5 Å². The van der Waals surface area contributed by atoms with Crippen LogP contribution >= 0.6 is 11.3 Å². The number of hydrogen-bond donors (Lipinski definition) is 2. The first-order valence-electron chi connectivity index (χ1n) is 9.80. The maximum absolute atomic E-state index is 5.14. The van der Waals surface area contributed by atoms with E-state index in [1.165, 1.54) is 0 Å². The quantitative estimate of drug-likeness (QED) is 0.566. The maximum Gasteiger partial charge on any atom is 0.191 e. The molecule has 0 bridgehead atoms. The highest BCUT2D eigenvalue weighted by atomic mass is 32.1. The summed E-state index contributed by atoms with van der Waals surface area (Å²) >= 11 is 1.71. The largest absolute Gasteiger partial charge is 0.377 e. The maximum atomic E-state index is 5.14. The van der Waals surface area contributed by atoms with Gasteiger partial charge in [-0.15, -0.1) is 11.3 Å². The molecule has 0 saturated heterocycles. The van der Waals surface area contributed by atoms with Gasteiger partial charge in [0.05, 0.1) is 23.8 Å². The lowest BCUT2D eigenvalue weighted by Gasteiger charge is -2.25. The van der Waals surface area contributed by atoms with Crippen molar-refractivity contribution in [1.29, 1.82) is 0 Å². The van der Waals surface area contributed by atoms with Crippen molar-refractivity contribution < 1.29 is 4.74 Å². The van der Waals surface area contributed by atoms with Crippen molar-refractivity contribution in [2.75, 3.05) is 13.7 Å². The Kier molecular flexibility index (Phi) is 6.66. The van der Waals surface area contributed by atoms with Gasteiger partial charge in [-0.1, -0.05) is 20.8 Å².